The van der Waals surface area contributed by atoms with E-state index in [1.165, 1.54) is 42.1 Å². The van der Waals surface area contributed by atoms with E-state index in [0.717, 1.165) is 6.07 Å². The number of nitrogens with one attached hydrogen (secondary N) is 2. The van der Waals surface area contributed by atoms with Crippen molar-refractivity contribution in [1.82, 2.24) is 9.78 Å². The van der Waals surface area contributed by atoms with Crippen LogP contribution in [-0.4, -0.2) is 28.7 Å². The van der Waals surface area contributed by atoms with E-state index in [9.17, 15) is 18.8 Å². The van der Waals surface area contributed by atoms with Crippen molar-refractivity contribution in [3.63, 3.8) is 0 Å². The highest BCUT2D eigenvalue weighted by molar-refractivity contribution is 6.06. The lowest BCUT2D eigenvalue weighted by Gasteiger charge is -2.14. The molecule has 0 aliphatic rings. The van der Waals surface area contributed by atoms with Gasteiger partial charge in [-0.25, -0.2) is 9.07 Å². The Morgan fingerprint density at radius 1 is 0.914 bits per heavy atom. The molecule has 2 amide bonds. The number of anilines is 2. The first-order valence-electron chi connectivity index (χ1n) is 10.6. The van der Waals surface area contributed by atoms with Crippen molar-refractivity contribution < 1.29 is 18.7 Å². The van der Waals surface area contributed by atoms with Crippen LogP contribution in [-0.2, 0) is 0 Å². The first-order chi connectivity index (χ1) is 16.9. The Morgan fingerprint density at radius 3 is 2.40 bits per heavy atom. The number of halogens is 1. The van der Waals surface area contributed by atoms with Crippen molar-refractivity contribution in [2.45, 2.75) is 6.92 Å². The summed E-state index contributed by atoms with van der Waals surface area (Å²) in [6.45, 7) is 1.72. The minimum absolute atomic E-state index is 0.117. The molecule has 1 aromatic heterocycles. The molecule has 0 bridgehead atoms. The molecule has 0 saturated heterocycles. The van der Waals surface area contributed by atoms with E-state index in [-0.39, 0.29) is 16.9 Å². The number of aryl methyl sites for hydroxylation is 1. The smallest absolute Gasteiger partial charge is 0.280 e. The Kier molecular flexibility index (Phi) is 6.68. The third-order valence-electron chi connectivity index (χ3n) is 5.12. The summed E-state index contributed by atoms with van der Waals surface area (Å²) in [5.41, 5.74) is 1.11. The topological polar surface area (TPSA) is 102 Å². The second kappa shape index (κ2) is 10.0. The van der Waals surface area contributed by atoms with E-state index in [1.807, 2.05) is 30.3 Å². The summed E-state index contributed by atoms with van der Waals surface area (Å²) >= 11 is 0. The van der Waals surface area contributed by atoms with Crippen LogP contribution in [0.4, 0.5) is 15.8 Å². The standard InChI is InChI=1S/C26H21FN4O4/c1-16-13-22(32)24(30-31(16)20-9-4-3-5-10-20)26(34)28-19-11-12-23(35-2)21(15-19)29-25(33)17-7-6-8-18(27)14-17/h3-15H,1-2H3,(H,28,34)(H,29,33). The fourth-order valence-corrected chi connectivity index (χ4v) is 3.43. The molecule has 0 unspecified atom stereocenters. The molecule has 1 heterocycles. The van der Waals surface area contributed by atoms with Gasteiger partial charge in [0.15, 0.2) is 5.69 Å². The van der Waals surface area contributed by atoms with Crippen molar-refractivity contribution in [1.29, 1.82) is 0 Å². The number of para-hydroxylation sites is 1. The second-order valence-corrected chi connectivity index (χ2v) is 7.58. The van der Waals surface area contributed by atoms with Gasteiger partial charge < -0.3 is 15.4 Å². The third kappa shape index (κ3) is 5.25. The highest BCUT2D eigenvalue weighted by Gasteiger charge is 2.17. The van der Waals surface area contributed by atoms with Gasteiger partial charge in [0.1, 0.15) is 11.6 Å². The molecule has 35 heavy (non-hydrogen) atoms. The van der Waals surface area contributed by atoms with Gasteiger partial charge in [0.2, 0.25) is 5.43 Å². The lowest BCUT2D eigenvalue weighted by molar-refractivity contribution is 0.101. The first-order valence-corrected chi connectivity index (χ1v) is 10.6. The molecule has 0 atom stereocenters. The van der Waals surface area contributed by atoms with E-state index in [0.29, 0.717) is 22.8 Å². The average Bonchev–Trinajstić information content (AvgIpc) is 2.85. The molecule has 0 radical (unpaired) electrons. The van der Waals surface area contributed by atoms with Crippen molar-refractivity contribution in [2.75, 3.05) is 17.7 Å². The maximum Gasteiger partial charge on any atom is 0.280 e. The zero-order valence-corrected chi connectivity index (χ0v) is 18.9. The quantitative estimate of drug-likeness (QED) is 0.438. The molecule has 4 aromatic rings. The summed E-state index contributed by atoms with van der Waals surface area (Å²) in [5, 5.41) is 9.53. The molecule has 3 aromatic carbocycles. The normalized spacial score (nSPS) is 10.5. The van der Waals surface area contributed by atoms with E-state index < -0.39 is 23.1 Å². The maximum absolute atomic E-state index is 13.5. The predicted molar refractivity (Wildman–Crippen MR) is 130 cm³/mol. The molecule has 0 saturated carbocycles. The summed E-state index contributed by atoms with van der Waals surface area (Å²) in [6.07, 6.45) is 0. The number of amides is 2. The third-order valence-corrected chi connectivity index (χ3v) is 5.12. The van der Waals surface area contributed by atoms with E-state index in [1.54, 1.807) is 19.1 Å². The van der Waals surface area contributed by atoms with Gasteiger partial charge in [-0.2, -0.15) is 5.10 Å². The Bertz CT molecular complexity index is 1470. The second-order valence-electron chi connectivity index (χ2n) is 7.58. The van der Waals surface area contributed by atoms with Crippen LogP contribution in [0.25, 0.3) is 5.69 Å². The summed E-state index contributed by atoms with van der Waals surface area (Å²) in [5.74, 6) is -1.49. The molecule has 0 spiro atoms. The molecule has 0 aliphatic heterocycles. The number of rotatable bonds is 6. The molecule has 176 valence electrons. The van der Waals surface area contributed by atoms with Gasteiger partial charge in [-0.05, 0) is 55.5 Å². The Labute approximate surface area is 200 Å². The highest BCUT2D eigenvalue weighted by atomic mass is 19.1. The SMILES string of the molecule is COc1ccc(NC(=O)c2nn(-c3ccccc3)c(C)cc2=O)cc1NC(=O)c1cccc(F)c1. The Balaban J connectivity index is 1.61. The zero-order valence-electron chi connectivity index (χ0n) is 18.9. The zero-order chi connectivity index (χ0) is 24.9. The number of benzene rings is 3. The van der Waals surface area contributed by atoms with E-state index in [2.05, 4.69) is 15.7 Å². The van der Waals surface area contributed by atoms with Crippen LogP contribution in [0.2, 0.25) is 0 Å². The van der Waals surface area contributed by atoms with Crippen LogP contribution < -0.4 is 20.8 Å². The number of hydrogen-bond acceptors (Lipinski definition) is 5. The Hall–Kier alpha value is -4.79. The van der Waals surface area contributed by atoms with Crippen LogP contribution in [0.5, 0.6) is 5.75 Å². The van der Waals surface area contributed by atoms with Crippen LogP contribution in [0.1, 0.15) is 26.5 Å². The van der Waals surface area contributed by atoms with Crippen molar-refractivity contribution in [3.8, 4) is 11.4 Å². The summed E-state index contributed by atoms with van der Waals surface area (Å²) < 4.78 is 20.3. The lowest BCUT2D eigenvalue weighted by Crippen LogP contribution is -2.27. The molecule has 0 fully saturated rings. The summed E-state index contributed by atoms with van der Waals surface area (Å²) in [4.78, 5) is 38.0. The first kappa shape index (κ1) is 23.4. The van der Waals surface area contributed by atoms with E-state index in [4.69, 9.17) is 4.74 Å². The molecular weight excluding hydrogens is 451 g/mol. The number of methoxy groups -OCH3 is 1. The highest BCUT2D eigenvalue weighted by Crippen LogP contribution is 2.28. The monoisotopic (exact) mass is 472 g/mol. The fourth-order valence-electron chi connectivity index (χ4n) is 3.43. The molecule has 4 rings (SSSR count). The van der Waals surface area contributed by atoms with Gasteiger partial charge in [0.05, 0.1) is 18.5 Å². The maximum atomic E-state index is 13.5. The average molecular weight is 472 g/mol. The van der Waals surface area contributed by atoms with Crippen LogP contribution in [0.15, 0.2) is 83.7 Å². The summed E-state index contributed by atoms with van der Waals surface area (Å²) in [7, 11) is 1.42. The largest absolute Gasteiger partial charge is 0.495 e. The lowest BCUT2D eigenvalue weighted by atomic mass is 10.2. The molecule has 2 N–H and O–H groups in total. The van der Waals surface area contributed by atoms with Crippen molar-refractivity contribution >= 4 is 23.2 Å². The fraction of sp³-hybridized carbons (Fsp3) is 0.0769. The van der Waals surface area contributed by atoms with Crippen molar-refractivity contribution in [3.05, 3.63) is 112 Å². The number of nitrogens with zero attached hydrogens (tertiary/aromatic N) is 2. The number of carbonyl (C=O) groups excluding carboxylic acids is 2. The van der Waals surface area contributed by atoms with Gasteiger partial charge >= 0.3 is 0 Å². The van der Waals surface area contributed by atoms with Gasteiger partial charge in [-0.1, -0.05) is 24.3 Å². The molecule has 9 heteroatoms. The van der Waals surface area contributed by atoms with Gasteiger partial charge in [-0.15, -0.1) is 0 Å². The van der Waals surface area contributed by atoms with Gasteiger partial charge in [-0.3, -0.25) is 14.4 Å². The van der Waals surface area contributed by atoms with Crippen LogP contribution >= 0.6 is 0 Å². The number of ether oxygens (including phenoxy) is 1. The van der Waals surface area contributed by atoms with E-state index >= 15 is 0 Å². The minimum Gasteiger partial charge on any atom is -0.495 e. The van der Waals surface area contributed by atoms with Crippen LogP contribution in [0, 0.1) is 12.7 Å². The van der Waals surface area contributed by atoms with Crippen LogP contribution in [0.3, 0.4) is 0 Å². The Morgan fingerprint density at radius 2 is 1.69 bits per heavy atom. The number of carbonyl (C=O) groups is 2. The molecule has 8 nitrogen and oxygen atoms in total. The van der Waals surface area contributed by atoms with Gasteiger partial charge in [0, 0.05) is 23.0 Å². The minimum atomic E-state index is -0.716. The number of hydrogen-bond donors (Lipinski definition) is 2. The predicted octanol–water partition coefficient (Wildman–Crippen LogP) is 4.19. The number of aromatic nitrogens is 2. The summed E-state index contributed by atoms with van der Waals surface area (Å²) in [6, 6.07) is 20.3. The van der Waals surface area contributed by atoms with Gasteiger partial charge in [0.25, 0.3) is 11.8 Å². The van der Waals surface area contributed by atoms with Crippen molar-refractivity contribution in [2.24, 2.45) is 0 Å². The molecular formula is C26H21FN4O4. The molecule has 0 aliphatic carbocycles.